The normalized spacial score (nSPS) is 11.7. The van der Waals surface area contributed by atoms with Gasteiger partial charge in [0.1, 0.15) is 22.8 Å². The minimum absolute atomic E-state index is 0.113. The molecule has 0 saturated carbocycles. The fourth-order valence-electron chi connectivity index (χ4n) is 2.85. The average Bonchev–Trinajstić information content (AvgIpc) is 3.05. The number of aromatic hydroxyl groups is 1. The van der Waals surface area contributed by atoms with Crippen molar-refractivity contribution in [2.45, 2.75) is 26.2 Å². The molecule has 0 fully saturated rings. The number of benzene rings is 3. The number of hydrogen-bond donors (Lipinski definition) is 1. The second-order valence-corrected chi connectivity index (χ2v) is 7.57. The first-order valence-electron chi connectivity index (χ1n) is 8.87. The van der Waals surface area contributed by atoms with Crippen LogP contribution in [-0.2, 0) is 5.41 Å². The minimum Gasteiger partial charge on any atom is -0.508 e. The molecule has 0 radical (unpaired) electrons. The molecule has 4 heteroatoms. The predicted octanol–water partition coefficient (Wildman–Crippen LogP) is 6.29. The first-order valence-corrected chi connectivity index (χ1v) is 8.87. The number of phenolic OH excluding ortho intramolecular Hbond substituents is 1. The molecule has 0 amide bonds. The number of nitrogens with zero attached hydrogens (tertiary/aromatic N) is 1. The maximum atomic E-state index is 9.41. The van der Waals surface area contributed by atoms with E-state index in [9.17, 15) is 5.11 Å². The van der Waals surface area contributed by atoms with Crippen molar-refractivity contribution >= 4 is 11.1 Å². The van der Waals surface area contributed by atoms with Gasteiger partial charge in [-0.3, -0.25) is 0 Å². The van der Waals surface area contributed by atoms with Crippen LogP contribution in [0.25, 0.3) is 22.6 Å². The minimum atomic E-state index is 0.113. The van der Waals surface area contributed by atoms with Crippen LogP contribution < -0.4 is 4.74 Å². The van der Waals surface area contributed by atoms with Gasteiger partial charge in [0.15, 0.2) is 5.58 Å². The van der Waals surface area contributed by atoms with Gasteiger partial charge >= 0.3 is 0 Å². The number of rotatable bonds is 3. The van der Waals surface area contributed by atoms with Crippen LogP contribution in [0.4, 0.5) is 0 Å². The Bertz CT molecular complexity index is 1070. The standard InChI is InChI=1S/C23H21NO3/c1-23(2,3)16-6-10-18(11-7-16)26-19-12-13-20-21(14-19)27-22(24-20)15-4-8-17(25)9-5-15/h4-14,25H,1-3H3. The maximum absolute atomic E-state index is 9.41. The Morgan fingerprint density at radius 3 is 2.19 bits per heavy atom. The Balaban J connectivity index is 1.59. The van der Waals surface area contributed by atoms with E-state index >= 15 is 0 Å². The summed E-state index contributed by atoms with van der Waals surface area (Å²) in [5, 5.41) is 9.41. The molecule has 4 rings (SSSR count). The molecule has 1 heterocycles. The molecule has 0 aliphatic rings. The Labute approximate surface area is 158 Å². The van der Waals surface area contributed by atoms with Crippen LogP contribution in [0, 0.1) is 0 Å². The molecule has 0 aliphatic carbocycles. The fraction of sp³-hybridized carbons (Fsp3) is 0.174. The molecule has 0 saturated heterocycles. The van der Waals surface area contributed by atoms with Crippen molar-refractivity contribution in [3.05, 3.63) is 72.3 Å². The van der Waals surface area contributed by atoms with Crippen molar-refractivity contribution in [2.75, 3.05) is 0 Å². The first-order chi connectivity index (χ1) is 12.9. The first kappa shape index (κ1) is 17.2. The lowest BCUT2D eigenvalue weighted by atomic mass is 9.87. The van der Waals surface area contributed by atoms with Gasteiger partial charge < -0.3 is 14.3 Å². The summed E-state index contributed by atoms with van der Waals surface area (Å²) in [6.07, 6.45) is 0. The summed E-state index contributed by atoms with van der Waals surface area (Å²) in [5.41, 5.74) is 3.60. The molecule has 27 heavy (non-hydrogen) atoms. The molecule has 0 bridgehead atoms. The highest BCUT2D eigenvalue weighted by Crippen LogP contribution is 2.31. The molecular formula is C23H21NO3. The summed E-state index contributed by atoms with van der Waals surface area (Å²) in [4.78, 5) is 4.50. The van der Waals surface area contributed by atoms with E-state index in [2.05, 4.69) is 37.9 Å². The Kier molecular flexibility index (Phi) is 4.11. The maximum Gasteiger partial charge on any atom is 0.227 e. The Hall–Kier alpha value is -3.27. The molecule has 4 nitrogen and oxygen atoms in total. The summed E-state index contributed by atoms with van der Waals surface area (Å²) >= 11 is 0. The molecule has 0 aliphatic heterocycles. The third-order valence-electron chi connectivity index (χ3n) is 4.43. The molecule has 136 valence electrons. The predicted molar refractivity (Wildman–Crippen MR) is 106 cm³/mol. The van der Waals surface area contributed by atoms with Crippen molar-refractivity contribution in [3.63, 3.8) is 0 Å². The van der Waals surface area contributed by atoms with Crippen LogP contribution in [-0.4, -0.2) is 10.1 Å². The van der Waals surface area contributed by atoms with E-state index in [0.29, 0.717) is 17.2 Å². The monoisotopic (exact) mass is 359 g/mol. The number of oxazole rings is 1. The SMILES string of the molecule is CC(C)(C)c1ccc(Oc2ccc3nc(-c4ccc(O)cc4)oc3c2)cc1. The number of aromatic nitrogens is 1. The number of phenols is 1. The molecule has 0 atom stereocenters. The molecule has 0 spiro atoms. The highest BCUT2D eigenvalue weighted by Gasteiger charge is 2.13. The molecule has 1 N–H and O–H groups in total. The van der Waals surface area contributed by atoms with Gasteiger partial charge in [0, 0.05) is 11.6 Å². The molecular weight excluding hydrogens is 338 g/mol. The molecule has 3 aromatic carbocycles. The Morgan fingerprint density at radius 2 is 1.52 bits per heavy atom. The summed E-state index contributed by atoms with van der Waals surface area (Å²) in [6, 6.07) is 20.5. The molecule has 4 aromatic rings. The van der Waals surface area contributed by atoms with Crippen molar-refractivity contribution in [1.82, 2.24) is 4.98 Å². The van der Waals surface area contributed by atoms with E-state index in [1.165, 1.54) is 5.56 Å². The fourth-order valence-corrected chi connectivity index (χ4v) is 2.85. The molecule has 1 aromatic heterocycles. The van der Waals surface area contributed by atoms with Gasteiger partial charge in [-0.15, -0.1) is 0 Å². The topological polar surface area (TPSA) is 55.5 Å². The second-order valence-electron chi connectivity index (χ2n) is 7.57. The van der Waals surface area contributed by atoms with E-state index in [4.69, 9.17) is 9.15 Å². The lowest BCUT2D eigenvalue weighted by molar-refractivity contribution is 0.475. The van der Waals surface area contributed by atoms with Crippen LogP contribution in [0.2, 0.25) is 0 Å². The van der Waals surface area contributed by atoms with Crippen molar-refractivity contribution in [2.24, 2.45) is 0 Å². The highest BCUT2D eigenvalue weighted by atomic mass is 16.5. The van der Waals surface area contributed by atoms with Crippen molar-refractivity contribution in [3.8, 4) is 28.7 Å². The van der Waals surface area contributed by atoms with Crippen LogP contribution in [0.3, 0.4) is 0 Å². The van der Waals surface area contributed by atoms with Gasteiger partial charge in [-0.25, -0.2) is 4.98 Å². The lowest BCUT2D eigenvalue weighted by Crippen LogP contribution is -2.10. The van der Waals surface area contributed by atoms with E-state index in [1.54, 1.807) is 24.3 Å². The summed E-state index contributed by atoms with van der Waals surface area (Å²) in [7, 11) is 0. The van der Waals surface area contributed by atoms with Gasteiger partial charge in [0.05, 0.1) is 0 Å². The van der Waals surface area contributed by atoms with Crippen molar-refractivity contribution in [1.29, 1.82) is 0 Å². The number of ether oxygens (including phenoxy) is 1. The largest absolute Gasteiger partial charge is 0.508 e. The van der Waals surface area contributed by atoms with Gasteiger partial charge in [-0.2, -0.15) is 0 Å². The summed E-state index contributed by atoms with van der Waals surface area (Å²) in [6.45, 7) is 6.56. The van der Waals surface area contributed by atoms with Gasteiger partial charge in [-0.1, -0.05) is 32.9 Å². The van der Waals surface area contributed by atoms with Gasteiger partial charge in [0.25, 0.3) is 0 Å². The van der Waals surface area contributed by atoms with Crippen LogP contribution in [0.1, 0.15) is 26.3 Å². The van der Waals surface area contributed by atoms with Crippen LogP contribution >= 0.6 is 0 Å². The van der Waals surface area contributed by atoms with Crippen molar-refractivity contribution < 1.29 is 14.3 Å². The van der Waals surface area contributed by atoms with Gasteiger partial charge in [-0.05, 0) is 59.5 Å². The molecule has 0 unspecified atom stereocenters. The zero-order valence-corrected chi connectivity index (χ0v) is 15.6. The van der Waals surface area contributed by atoms with Crippen LogP contribution in [0.15, 0.2) is 71.1 Å². The summed E-state index contributed by atoms with van der Waals surface area (Å²) < 4.78 is 11.8. The van der Waals surface area contributed by atoms with E-state index in [-0.39, 0.29) is 11.2 Å². The third kappa shape index (κ3) is 3.65. The lowest BCUT2D eigenvalue weighted by Gasteiger charge is -2.19. The van der Waals surface area contributed by atoms with E-state index in [1.807, 2.05) is 30.3 Å². The van der Waals surface area contributed by atoms with Crippen LogP contribution in [0.5, 0.6) is 17.2 Å². The zero-order chi connectivity index (χ0) is 19.0. The number of fused-ring (bicyclic) bond motifs is 1. The summed E-state index contributed by atoms with van der Waals surface area (Å²) in [5.74, 6) is 2.19. The number of hydrogen-bond acceptors (Lipinski definition) is 4. The third-order valence-corrected chi connectivity index (χ3v) is 4.43. The second kappa shape index (κ2) is 6.47. The Morgan fingerprint density at radius 1 is 0.852 bits per heavy atom. The smallest absolute Gasteiger partial charge is 0.227 e. The zero-order valence-electron chi connectivity index (χ0n) is 15.6. The van der Waals surface area contributed by atoms with Gasteiger partial charge in [0.2, 0.25) is 5.89 Å². The average molecular weight is 359 g/mol. The quantitative estimate of drug-likeness (QED) is 0.467. The van der Waals surface area contributed by atoms with E-state index < -0.39 is 0 Å². The van der Waals surface area contributed by atoms with E-state index in [0.717, 1.165) is 16.8 Å². The highest BCUT2D eigenvalue weighted by molar-refractivity contribution is 5.77.